The summed E-state index contributed by atoms with van der Waals surface area (Å²) in [6.07, 6.45) is 2.60. The molecule has 0 radical (unpaired) electrons. The molecule has 0 aliphatic heterocycles. The maximum absolute atomic E-state index is 5.83. The number of nitrogens with one attached hydrogen (secondary N) is 1. The number of hydrogen-bond donors (Lipinski definition) is 2. The third-order valence-electron chi connectivity index (χ3n) is 4.58. The number of aromatic amines is 1. The number of rotatable bonds is 6. The van der Waals surface area contributed by atoms with Crippen LogP contribution in [0, 0.1) is 6.92 Å². The van der Waals surface area contributed by atoms with E-state index in [-0.39, 0.29) is 0 Å². The van der Waals surface area contributed by atoms with Gasteiger partial charge in [0, 0.05) is 22.2 Å². The normalized spacial score (nSPS) is 11.0. The first-order valence-electron chi connectivity index (χ1n) is 9.09. The van der Waals surface area contributed by atoms with Crippen LogP contribution in [0.2, 0.25) is 0 Å². The summed E-state index contributed by atoms with van der Waals surface area (Å²) in [4.78, 5) is 4.71. The molecule has 2 aromatic heterocycles. The van der Waals surface area contributed by atoms with Gasteiger partial charge in [-0.25, -0.2) is 0 Å². The van der Waals surface area contributed by atoms with Gasteiger partial charge in [-0.15, -0.1) is 0 Å². The first kappa shape index (κ1) is 17.2. The van der Waals surface area contributed by atoms with E-state index in [0.29, 0.717) is 13.2 Å². The van der Waals surface area contributed by atoms with Crippen LogP contribution in [0.5, 0.6) is 5.75 Å². The highest BCUT2D eigenvalue weighted by Crippen LogP contribution is 2.34. The van der Waals surface area contributed by atoms with Crippen molar-refractivity contribution in [1.29, 1.82) is 0 Å². The Kier molecular flexibility index (Phi) is 4.85. The zero-order valence-electron chi connectivity index (χ0n) is 15.3. The summed E-state index contributed by atoms with van der Waals surface area (Å²) < 4.78 is 5.83. The average molecular weight is 358 g/mol. The summed E-state index contributed by atoms with van der Waals surface area (Å²) in [6, 6.07) is 18.5. The molecule has 0 aliphatic carbocycles. The van der Waals surface area contributed by atoms with Crippen molar-refractivity contribution in [3.63, 3.8) is 0 Å². The van der Waals surface area contributed by atoms with E-state index in [1.54, 1.807) is 6.20 Å². The second kappa shape index (κ2) is 7.60. The van der Waals surface area contributed by atoms with Crippen molar-refractivity contribution in [3.8, 4) is 28.1 Å². The molecule has 0 atom stereocenters. The number of aromatic nitrogens is 3. The fourth-order valence-corrected chi connectivity index (χ4v) is 3.15. The number of ether oxygens (including phenoxy) is 1. The molecule has 5 nitrogen and oxygen atoms in total. The monoisotopic (exact) mass is 358 g/mol. The van der Waals surface area contributed by atoms with Gasteiger partial charge in [0.15, 0.2) is 0 Å². The van der Waals surface area contributed by atoms with Crippen molar-refractivity contribution in [3.05, 3.63) is 66.5 Å². The van der Waals surface area contributed by atoms with E-state index in [2.05, 4.69) is 40.5 Å². The average Bonchev–Trinajstić information content (AvgIpc) is 3.09. The largest absolute Gasteiger partial charge is 0.492 e. The van der Waals surface area contributed by atoms with Crippen molar-refractivity contribution in [2.75, 3.05) is 13.2 Å². The zero-order chi connectivity index (χ0) is 18.6. The first-order valence-corrected chi connectivity index (χ1v) is 9.09. The lowest BCUT2D eigenvalue weighted by Crippen LogP contribution is -2.06. The number of fused-ring (bicyclic) bond motifs is 1. The molecule has 4 rings (SSSR count). The second-order valence-corrected chi connectivity index (χ2v) is 6.50. The number of hydrogen-bond acceptors (Lipinski definition) is 4. The fourth-order valence-electron chi connectivity index (χ4n) is 3.15. The highest BCUT2D eigenvalue weighted by Gasteiger charge is 2.13. The number of aryl methyl sites for hydroxylation is 1. The summed E-state index contributed by atoms with van der Waals surface area (Å²) in [5.41, 5.74) is 11.7. The van der Waals surface area contributed by atoms with Crippen LogP contribution in [0.3, 0.4) is 0 Å². The maximum Gasteiger partial charge on any atom is 0.138 e. The smallest absolute Gasteiger partial charge is 0.138 e. The summed E-state index contributed by atoms with van der Waals surface area (Å²) in [7, 11) is 0. The van der Waals surface area contributed by atoms with Crippen LogP contribution in [0.4, 0.5) is 0 Å². The van der Waals surface area contributed by atoms with E-state index in [0.717, 1.165) is 51.2 Å². The van der Waals surface area contributed by atoms with E-state index in [1.165, 1.54) is 0 Å². The molecule has 0 fully saturated rings. The molecule has 0 spiro atoms. The van der Waals surface area contributed by atoms with Crippen molar-refractivity contribution in [1.82, 2.24) is 15.2 Å². The van der Waals surface area contributed by atoms with Crippen LogP contribution in [0.1, 0.15) is 12.1 Å². The van der Waals surface area contributed by atoms with E-state index in [1.807, 2.05) is 31.2 Å². The maximum atomic E-state index is 5.83. The molecule has 3 N–H and O–H groups in total. The fraction of sp³-hybridized carbons (Fsp3) is 0.182. The Labute approximate surface area is 158 Å². The Balaban J connectivity index is 1.83. The van der Waals surface area contributed by atoms with E-state index < -0.39 is 0 Å². The number of pyridine rings is 1. The molecule has 0 amide bonds. The summed E-state index contributed by atoms with van der Waals surface area (Å²) in [6.45, 7) is 3.23. The molecular formula is C22H22N4O. The van der Waals surface area contributed by atoms with Crippen LogP contribution in [0.15, 0.2) is 60.8 Å². The van der Waals surface area contributed by atoms with Gasteiger partial charge in [0.05, 0.1) is 24.0 Å². The third kappa shape index (κ3) is 3.55. The van der Waals surface area contributed by atoms with Gasteiger partial charge in [-0.3, -0.25) is 10.1 Å². The van der Waals surface area contributed by atoms with Crippen molar-refractivity contribution >= 4 is 10.9 Å². The number of nitrogens with zero attached hydrogens (tertiary/aromatic N) is 2. The van der Waals surface area contributed by atoms with Gasteiger partial charge in [-0.05, 0) is 43.7 Å². The van der Waals surface area contributed by atoms with E-state index >= 15 is 0 Å². The Morgan fingerprint density at radius 2 is 1.89 bits per heavy atom. The molecule has 4 aromatic rings. The van der Waals surface area contributed by atoms with Gasteiger partial charge in [0.1, 0.15) is 5.75 Å². The molecule has 0 saturated carbocycles. The number of benzene rings is 2. The van der Waals surface area contributed by atoms with E-state index in [4.69, 9.17) is 15.5 Å². The molecule has 0 bridgehead atoms. The van der Waals surface area contributed by atoms with Crippen LogP contribution < -0.4 is 10.5 Å². The molecule has 0 aliphatic rings. The van der Waals surface area contributed by atoms with Crippen LogP contribution in [-0.4, -0.2) is 28.3 Å². The lowest BCUT2D eigenvalue weighted by molar-refractivity contribution is 0.312. The van der Waals surface area contributed by atoms with Crippen molar-refractivity contribution in [2.45, 2.75) is 13.3 Å². The van der Waals surface area contributed by atoms with Crippen LogP contribution >= 0.6 is 0 Å². The highest BCUT2D eigenvalue weighted by molar-refractivity contribution is 5.90. The van der Waals surface area contributed by atoms with Crippen LogP contribution in [0.25, 0.3) is 33.3 Å². The summed E-state index contributed by atoms with van der Waals surface area (Å²) in [5.74, 6) is 0.752. The predicted molar refractivity (Wildman–Crippen MR) is 109 cm³/mol. The summed E-state index contributed by atoms with van der Waals surface area (Å²) in [5, 5.41) is 8.48. The van der Waals surface area contributed by atoms with Crippen molar-refractivity contribution < 1.29 is 4.74 Å². The van der Waals surface area contributed by atoms with Gasteiger partial charge in [0.2, 0.25) is 0 Å². The predicted octanol–water partition coefficient (Wildman–Crippen LogP) is 4.33. The SMILES string of the molecule is Cc1[nH]nc2ccc(-c3cc(OCCCN)cnc3-c3ccccc3)cc12. The molecule has 0 saturated heterocycles. The minimum Gasteiger partial charge on any atom is -0.492 e. The Bertz CT molecular complexity index is 1060. The Morgan fingerprint density at radius 3 is 2.70 bits per heavy atom. The number of nitrogens with two attached hydrogens (primary N) is 1. The molecule has 2 heterocycles. The van der Waals surface area contributed by atoms with Gasteiger partial charge in [-0.2, -0.15) is 5.10 Å². The van der Waals surface area contributed by atoms with Gasteiger partial charge in [-0.1, -0.05) is 36.4 Å². The molecule has 136 valence electrons. The van der Waals surface area contributed by atoms with Gasteiger partial charge < -0.3 is 10.5 Å². The topological polar surface area (TPSA) is 76.8 Å². The molecule has 2 aromatic carbocycles. The minimum absolute atomic E-state index is 0.585. The minimum atomic E-state index is 0.585. The number of H-pyrrole nitrogens is 1. The highest BCUT2D eigenvalue weighted by atomic mass is 16.5. The lowest BCUT2D eigenvalue weighted by atomic mass is 9.98. The van der Waals surface area contributed by atoms with Crippen molar-refractivity contribution in [2.24, 2.45) is 5.73 Å². The Morgan fingerprint density at radius 1 is 1.04 bits per heavy atom. The quantitative estimate of drug-likeness (QED) is 0.503. The van der Waals surface area contributed by atoms with E-state index in [9.17, 15) is 0 Å². The van der Waals surface area contributed by atoms with Gasteiger partial charge >= 0.3 is 0 Å². The second-order valence-electron chi connectivity index (χ2n) is 6.50. The summed E-state index contributed by atoms with van der Waals surface area (Å²) >= 11 is 0. The molecule has 5 heteroatoms. The third-order valence-corrected chi connectivity index (χ3v) is 4.58. The first-order chi connectivity index (χ1) is 13.3. The molecule has 27 heavy (non-hydrogen) atoms. The molecule has 0 unspecified atom stereocenters. The standard InChI is InChI=1S/C22H22N4O/c1-15-19-12-17(8-9-21(19)26-25-15)20-13-18(27-11-5-10-23)14-24-22(20)16-6-3-2-4-7-16/h2-4,6-9,12-14H,5,10-11,23H2,1H3,(H,25,26). The lowest BCUT2D eigenvalue weighted by Gasteiger charge is -2.13. The van der Waals surface area contributed by atoms with Gasteiger partial charge in [0.25, 0.3) is 0 Å². The molecular weight excluding hydrogens is 336 g/mol. The van der Waals surface area contributed by atoms with Crippen LogP contribution in [-0.2, 0) is 0 Å². The zero-order valence-corrected chi connectivity index (χ0v) is 15.3. The Hall–Kier alpha value is -3.18.